The fraction of sp³-hybridized carbons (Fsp3) is 0.422. The van der Waals surface area contributed by atoms with Crippen LogP contribution in [0.2, 0.25) is 5.02 Å². The predicted octanol–water partition coefficient (Wildman–Crippen LogP) is 9.01. The Morgan fingerprint density at radius 2 is 1.62 bits per heavy atom. The van der Waals surface area contributed by atoms with E-state index in [4.69, 9.17) is 40.0 Å². The third-order valence-electron chi connectivity index (χ3n) is 8.94. The van der Waals surface area contributed by atoms with E-state index in [0.717, 1.165) is 33.8 Å². The number of hydrogen-bond acceptors (Lipinski definition) is 11. The summed E-state index contributed by atoms with van der Waals surface area (Å²) in [6, 6.07) is 20.4. The number of halogens is 1. The first-order valence-corrected chi connectivity index (χ1v) is 19.8. The van der Waals surface area contributed by atoms with Crippen molar-refractivity contribution in [2.45, 2.75) is 105 Å². The zero-order valence-electron chi connectivity index (χ0n) is 34.3. The molecular weight excluding hydrogens is 760 g/mol. The number of ether oxygens (including phenoxy) is 6. The topological polar surface area (TPSA) is 150 Å². The molecule has 3 aromatic carbocycles. The Balaban J connectivity index is 1.33. The van der Waals surface area contributed by atoms with Crippen molar-refractivity contribution in [1.82, 2.24) is 15.6 Å². The number of carbonyl (C=O) groups excluding carboxylic acids is 2. The van der Waals surface area contributed by atoms with Gasteiger partial charge >= 0.3 is 12.1 Å². The molecule has 12 nitrogen and oxygen atoms in total. The first-order chi connectivity index (χ1) is 27.6. The Hall–Kier alpha value is -5.51. The zero-order valence-corrected chi connectivity index (χ0v) is 35.1. The Labute approximate surface area is 346 Å². The quantitative estimate of drug-likeness (QED) is 0.0824. The second-order valence-corrected chi connectivity index (χ2v) is 16.4. The SMILES string of the molecule is Cc1c(COc2cc(OCc3ccc(C#N)cn3)c(CNC(CCCCNC(=O)OC(C)(C)C)C(=O)OC(C)(C)C)cc2Cl)cccc1-c1ccc2c(c1)OCCO2. The maximum atomic E-state index is 13.4. The van der Waals surface area contributed by atoms with Crippen LogP contribution in [-0.2, 0) is 34.0 Å². The number of carbonyl (C=O) groups is 2. The van der Waals surface area contributed by atoms with Gasteiger partial charge in [0.1, 0.15) is 61.2 Å². The van der Waals surface area contributed by atoms with Crippen molar-refractivity contribution in [2.24, 2.45) is 0 Å². The molecule has 1 amide bonds. The van der Waals surface area contributed by atoms with Gasteiger partial charge in [-0.25, -0.2) is 4.79 Å². The molecule has 0 saturated carbocycles. The molecule has 0 radical (unpaired) electrons. The summed E-state index contributed by atoms with van der Waals surface area (Å²) in [7, 11) is 0. The molecule has 0 spiro atoms. The number of hydrogen-bond donors (Lipinski definition) is 2. The number of fused-ring (bicyclic) bond motifs is 1. The summed E-state index contributed by atoms with van der Waals surface area (Å²) >= 11 is 6.89. The fourth-order valence-electron chi connectivity index (χ4n) is 6.09. The predicted molar refractivity (Wildman–Crippen MR) is 221 cm³/mol. The van der Waals surface area contributed by atoms with Gasteiger partial charge in [0.25, 0.3) is 0 Å². The third kappa shape index (κ3) is 13.0. The van der Waals surface area contributed by atoms with E-state index in [-0.39, 0.29) is 19.8 Å². The van der Waals surface area contributed by atoms with Gasteiger partial charge in [0, 0.05) is 30.9 Å². The van der Waals surface area contributed by atoms with Crippen molar-refractivity contribution in [1.29, 1.82) is 5.26 Å². The summed E-state index contributed by atoms with van der Waals surface area (Å²) in [4.78, 5) is 29.9. The Kier molecular flexibility index (Phi) is 14.9. The van der Waals surface area contributed by atoms with Crippen molar-refractivity contribution in [3.05, 3.63) is 99.8 Å². The van der Waals surface area contributed by atoms with Crippen LogP contribution in [0.5, 0.6) is 23.0 Å². The third-order valence-corrected chi connectivity index (χ3v) is 9.24. The van der Waals surface area contributed by atoms with E-state index in [9.17, 15) is 14.9 Å². The average molecular weight is 813 g/mol. The molecule has 1 unspecified atom stereocenters. The fourth-order valence-corrected chi connectivity index (χ4v) is 6.33. The van der Waals surface area contributed by atoms with Gasteiger partial charge < -0.3 is 39.1 Å². The molecule has 1 aliphatic heterocycles. The number of nitriles is 1. The van der Waals surface area contributed by atoms with E-state index in [1.165, 1.54) is 6.20 Å². The maximum Gasteiger partial charge on any atom is 0.407 e. The number of amides is 1. The molecule has 5 rings (SSSR count). The highest BCUT2D eigenvalue weighted by Gasteiger charge is 2.26. The number of nitrogens with one attached hydrogen (secondary N) is 2. The number of nitrogens with zero attached hydrogens (tertiary/aromatic N) is 2. The van der Waals surface area contributed by atoms with Crippen LogP contribution in [0.1, 0.15) is 88.8 Å². The molecule has 308 valence electrons. The molecule has 4 aromatic rings. The van der Waals surface area contributed by atoms with Gasteiger partial charge in [-0.2, -0.15) is 5.26 Å². The van der Waals surface area contributed by atoms with Crippen molar-refractivity contribution < 1.29 is 38.0 Å². The van der Waals surface area contributed by atoms with E-state index in [0.29, 0.717) is 72.4 Å². The smallest absolute Gasteiger partial charge is 0.407 e. The van der Waals surface area contributed by atoms with Gasteiger partial charge in [0.15, 0.2) is 11.5 Å². The summed E-state index contributed by atoms with van der Waals surface area (Å²) in [6.07, 6.45) is 2.72. The standard InChI is InChI=1S/C45H53ClN4O8/c1-29-32(11-10-12-35(29)31-15-17-38-41(22-31)54-20-19-53-38)27-55-40-23-39(56-28-34-16-14-30(24-47)25-49-34)33(21-36(40)46)26-50-37(42(51)57-44(2,3)4)13-8-9-18-48-43(52)58-45(5,6)7/h10-12,14-17,21-23,25,37,50H,8-9,13,18-20,26-28H2,1-7H3,(H,48,52). The summed E-state index contributed by atoms with van der Waals surface area (Å²) in [5.41, 5.74) is 4.53. The van der Waals surface area contributed by atoms with Crippen LogP contribution in [-0.4, -0.2) is 54.0 Å². The first kappa shape index (κ1) is 43.6. The van der Waals surface area contributed by atoms with Gasteiger partial charge in [0.2, 0.25) is 0 Å². The molecule has 58 heavy (non-hydrogen) atoms. The van der Waals surface area contributed by atoms with Crippen LogP contribution in [0.25, 0.3) is 11.1 Å². The number of benzene rings is 3. The van der Waals surface area contributed by atoms with E-state index >= 15 is 0 Å². The van der Waals surface area contributed by atoms with Crippen LogP contribution < -0.4 is 29.6 Å². The lowest BCUT2D eigenvalue weighted by Crippen LogP contribution is -2.41. The minimum atomic E-state index is -0.693. The molecule has 0 fully saturated rings. The van der Waals surface area contributed by atoms with Crippen molar-refractivity contribution >= 4 is 23.7 Å². The number of alkyl carbamates (subject to hydrolysis) is 1. The number of rotatable bonds is 16. The van der Waals surface area contributed by atoms with Gasteiger partial charge in [-0.05, 0) is 120 Å². The molecule has 13 heteroatoms. The van der Waals surface area contributed by atoms with E-state index in [1.54, 1.807) is 24.3 Å². The maximum absolute atomic E-state index is 13.4. The largest absolute Gasteiger partial charge is 0.487 e. The van der Waals surface area contributed by atoms with Gasteiger partial charge in [-0.3, -0.25) is 9.78 Å². The van der Waals surface area contributed by atoms with Gasteiger partial charge in [-0.1, -0.05) is 35.9 Å². The molecule has 1 aliphatic rings. The van der Waals surface area contributed by atoms with E-state index in [1.807, 2.05) is 71.9 Å². The summed E-state index contributed by atoms with van der Waals surface area (Å²) in [5, 5.41) is 15.7. The van der Waals surface area contributed by atoms with Gasteiger partial charge in [-0.15, -0.1) is 0 Å². The van der Waals surface area contributed by atoms with Crippen molar-refractivity contribution in [3.63, 3.8) is 0 Å². The number of pyridine rings is 1. The van der Waals surface area contributed by atoms with Crippen molar-refractivity contribution in [2.75, 3.05) is 19.8 Å². The van der Waals surface area contributed by atoms with Crippen LogP contribution in [0.4, 0.5) is 4.79 Å². The Morgan fingerprint density at radius 3 is 2.33 bits per heavy atom. The molecule has 2 N–H and O–H groups in total. The van der Waals surface area contributed by atoms with E-state index < -0.39 is 29.3 Å². The normalized spacial score (nSPS) is 12.9. The highest BCUT2D eigenvalue weighted by molar-refractivity contribution is 6.32. The molecule has 0 saturated heterocycles. The Bertz CT molecular complexity index is 2090. The average Bonchev–Trinajstić information content (AvgIpc) is 3.17. The summed E-state index contributed by atoms with van der Waals surface area (Å²) < 4.78 is 35.3. The first-order valence-electron chi connectivity index (χ1n) is 19.4. The minimum Gasteiger partial charge on any atom is -0.487 e. The van der Waals surface area contributed by atoms with Crippen LogP contribution in [0, 0.1) is 18.3 Å². The molecule has 0 bridgehead atoms. The summed E-state index contributed by atoms with van der Waals surface area (Å²) in [6.45, 7) is 15.0. The number of esters is 1. The second-order valence-electron chi connectivity index (χ2n) is 16.0. The number of unbranched alkanes of at least 4 members (excludes halogenated alkanes) is 1. The molecule has 0 aliphatic carbocycles. The van der Waals surface area contributed by atoms with Crippen LogP contribution in [0.3, 0.4) is 0 Å². The Morgan fingerprint density at radius 1 is 0.879 bits per heavy atom. The lowest BCUT2D eigenvalue weighted by molar-refractivity contribution is -0.157. The second kappa shape index (κ2) is 19.8. The molecular formula is C45H53ClN4O8. The monoisotopic (exact) mass is 812 g/mol. The molecule has 1 atom stereocenters. The van der Waals surface area contributed by atoms with Crippen molar-refractivity contribution in [3.8, 4) is 40.2 Å². The number of aromatic nitrogens is 1. The lowest BCUT2D eigenvalue weighted by Gasteiger charge is -2.25. The van der Waals surface area contributed by atoms with Crippen LogP contribution in [0.15, 0.2) is 66.9 Å². The minimum absolute atomic E-state index is 0.108. The molecule has 1 aromatic heterocycles. The highest BCUT2D eigenvalue weighted by atomic mass is 35.5. The molecule has 2 heterocycles. The lowest BCUT2D eigenvalue weighted by atomic mass is 9.96. The van der Waals surface area contributed by atoms with Crippen LogP contribution >= 0.6 is 11.6 Å². The van der Waals surface area contributed by atoms with Gasteiger partial charge in [0.05, 0.1) is 16.3 Å². The summed E-state index contributed by atoms with van der Waals surface area (Å²) in [5.74, 6) is 1.96. The highest BCUT2D eigenvalue weighted by Crippen LogP contribution is 2.37. The van der Waals surface area contributed by atoms with E-state index in [2.05, 4.69) is 34.7 Å². The zero-order chi connectivity index (χ0) is 41.9.